The zero-order chi connectivity index (χ0) is 24.3. The Morgan fingerprint density at radius 2 is 1.91 bits per heavy atom. The predicted molar refractivity (Wildman–Crippen MR) is 103 cm³/mol. The fraction of sp³-hybridized carbons (Fsp3) is 0.524. The van der Waals surface area contributed by atoms with Crippen LogP contribution in [0.2, 0.25) is 0 Å². The Labute approximate surface area is 184 Å². The number of aliphatic hydroxyl groups is 1. The quantitative estimate of drug-likeness (QED) is 0.642. The van der Waals surface area contributed by atoms with Crippen LogP contribution in [0.4, 0.5) is 32.0 Å². The van der Waals surface area contributed by atoms with Gasteiger partial charge in [-0.25, -0.2) is 0 Å². The van der Waals surface area contributed by atoms with E-state index in [9.17, 15) is 36.2 Å². The Balaban J connectivity index is 1.70. The van der Waals surface area contributed by atoms with Crippen molar-refractivity contribution in [3.8, 4) is 0 Å². The topological polar surface area (TPSA) is 76.4 Å². The number of rotatable bonds is 4. The summed E-state index contributed by atoms with van der Waals surface area (Å²) in [6.07, 6.45) is -11.3. The van der Waals surface area contributed by atoms with Crippen molar-refractivity contribution in [1.29, 1.82) is 0 Å². The summed E-state index contributed by atoms with van der Waals surface area (Å²) in [6, 6.07) is 3.55. The second kappa shape index (κ2) is 8.01. The molecule has 1 amide bonds. The molecule has 4 rings (SSSR count). The number of alkyl halides is 6. The molecule has 2 aliphatic rings. The fourth-order valence-electron chi connectivity index (χ4n) is 4.55. The number of hydrogen-bond acceptors (Lipinski definition) is 4. The van der Waals surface area contributed by atoms with Gasteiger partial charge in [-0.15, -0.1) is 0 Å². The van der Waals surface area contributed by atoms with Gasteiger partial charge in [-0.3, -0.25) is 9.48 Å². The highest BCUT2D eigenvalue weighted by molar-refractivity contribution is 5.94. The summed E-state index contributed by atoms with van der Waals surface area (Å²) in [5.74, 6) is -3.11. The van der Waals surface area contributed by atoms with Crippen LogP contribution >= 0.6 is 0 Å². The number of carbonyl (C=O) groups excluding carboxylic acids is 1. The molecule has 12 heteroatoms. The molecule has 2 aliphatic heterocycles. The Hall–Kier alpha value is -2.60. The number of carbonyl (C=O) groups is 1. The smallest absolute Gasteiger partial charge is 0.390 e. The SMILES string of the molecule is CC(C)n1cc([C@H]2[C@H]3O[C@H](C[C@@H]3O)[C@@H]2C(=O)Nc2cccc(C(F)(F)F)c2)c(C(F)(F)F)n1. The molecular weight excluding hydrogens is 456 g/mol. The first-order chi connectivity index (χ1) is 15.3. The van der Waals surface area contributed by atoms with E-state index in [2.05, 4.69) is 10.4 Å². The zero-order valence-electron chi connectivity index (χ0n) is 17.5. The average molecular weight is 477 g/mol. The molecule has 2 aromatic rings. The van der Waals surface area contributed by atoms with E-state index in [-0.39, 0.29) is 17.7 Å². The average Bonchev–Trinajstić information content (AvgIpc) is 3.38. The van der Waals surface area contributed by atoms with Gasteiger partial charge in [-0.2, -0.15) is 31.4 Å². The Kier molecular flexibility index (Phi) is 5.72. The Morgan fingerprint density at radius 3 is 2.52 bits per heavy atom. The van der Waals surface area contributed by atoms with Crippen molar-refractivity contribution in [2.45, 2.75) is 62.9 Å². The van der Waals surface area contributed by atoms with Crippen molar-refractivity contribution in [3.63, 3.8) is 0 Å². The van der Waals surface area contributed by atoms with Gasteiger partial charge in [0.15, 0.2) is 5.69 Å². The van der Waals surface area contributed by atoms with Crippen LogP contribution in [0.1, 0.15) is 49.0 Å². The molecule has 1 aromatic heterocycles. The highest BCUT2D eigenvalue weighted by Crippen LogP contribution is 2.51. The molecule has 2 fully saturated rings. The summed E-state index contributed by atoms with van der Waals surface area (Å²) in [7, 11) is 0. The molecule has 0 radical (unpaired) electrons. The van der Waals surface area contributed by atoms with E-state index < -0.39 is 65.7 Å². The van der Waals surface area contributed by atoms with Gasteiger partial charge in [0.25, 0.3) is 0 Å². The number of ether oxygens (including phenoxy) is 1. The van der Waals surface area contributed by atoms with Crippen molar-refractivity contribution < 1.29 is 41.0 Å². The van der Waals surface area contributed by atoms with Gasteiger partial charge >= 0.3 is 12.4 Å². The molecule has 180 valence electrons. The van der Waals surface area contributed by atoms with Crippen LogP contribution in [-0.2, 0) is 21.9 Å². The van der Waals surface area contributed by atoms with E-state index in [1.807, 2.05) is 0 Å². The maximum atomic E-state index is 13.8. The number of halogens is 6. The van der Waals surface area contributed by atoms with Crippen molar-refractivity contribution in [2.24, 2.45) is 5.92 Å². The van der Waals surface area contributed by atoms with Gasteiger partial charge in [-0.05, 0) is 32.0 Å². The lowest BCUT2D eigenvalue weighted by molar-refractivity contribution is -0.143. The fourth-order valence-corrected chi connectivity index (χ4v) is 4.55. The summed E-state index contributed by atoms with van der Waals surface area (Å²) < 4.78 is 87.1. The van der Waals surface area contributed by atoms with E-state index >= 15 is 0 Å². The number of hydrogen-bond donors (Lipinski definition) is 2. The highest BCUT2D eigenvalue weighted by Gasteiger charge is 2.59. The Morgan fingerprint density at radius 1 is 1.21 bits per heavy atom. The lowest BCUT2D eigenvalue weighted by atomic mass is 9.73. The van der Waals surface area contributed by atoms with Gasteiger partial charge < -0.3 is 15.2 Å². The second-order valence-electron chi connectivity index (χ2n) is 8.57. The number of amides is 1. The maximum Gasteiger partial charge on any atom is 0.435 e. The summed E-state index contributed by atoms with van der Waals surface area (Å²) in [5, 5.41) is 16.3. The molecule has 6 nitrogen and oxygen atoms in total. The number of benzene rings is 1. The first kappa shape index (κ1) is 23.6. The number of nitrogens with one attached hydrogen (secondary N) is 1. The second-order valence-corrected chi connectivity index (χ2v) is 8.57. The van der Waals surface area contributed by atoms with E-state index in [4.69, 9.17) is 4.74 Å². The number of aliphatic hydroxyl groups excluding tert-OH is 1. The number of aromatic nitrogens is 2. The number of anilines is 1. The molecule has 3 heterocycles. The summed E-state index contributed by atoms with van der Waals surface area (Å²) in [5.41, 5.74) is -2.59. The third kappa shape index (κ3) is 4.33. The molecule has 2 N–H and O–H groups in total. The van der Waals surface area contributed by atoms with Gasteiger partial charge in [0.2, 0.25) is 5.91 Å². The third-order valence-corrected chi connectivity index (χ3v) is 6.00. The summed E-state index contributed by atoms with van der Waals surface area (Å²) >= 11 is 0. The van der Waals surface area contributed by atoms with Gasteiger partial charge in [0.05, 0.1) is 29.8 Å². The molecule has 0 saturated carbocycles. The van der Waals surface area contributed by atoms with E-state index in [1.54, 1.807) is 13.8 Å². The molecule has 0 unspecified atom stereocenters. The zero-order valence-corrected chi connectivity index (χ0v) is 17.5. The Bertz CT molecular complexity index is 1050. The van der Waals surface area contributed by atoms with Crippen LogP contribution < -0.4 is 5.32 Å². The standard InChI is InChI=1S/C21H21F6N3O3/c1-9(2)30-8-12(18(29-30)21(25,26)27)15-16(14-7-13(31)17(15)33-14)19(32)28-11-5-3-4-10(6-11)20(22,23)24/h3-6,8-9,13-17,31H,7H2,1-2H3,(H,28,32)/t13-,14+,15+,16-,17-/m0/s1. The minimum absolute atomic E-state index is 0.0293. The van der Waals surface area contributed by atoms with Crippen LogP contribution in [0.3, 0.4) is 0 Å². The molecule has 2 saturated heterocycles. The summed E-state index contributed by atoms with van der Waals surface area (Å²) in [6.45, 7) is 3.28. The van der Waals surface area contributed by atoms with E-state index in [0.29, 0.717) is 0 Å². The van der Waals surface area contributed by atoms with Gasteiger partial charge in [0.1, 0.15) is 0 Å². The minimum Gasteiger partial charge on any atom is -0.390 e. The lowest BCUT2D eigenvalue weighted by Gasteiger charge is -2.30. The van der Waals surface area contributed by atoms with Crippen LogP contribution in [0, 0.1) is 5.92 Å². The largest absolute Gasteiger partial charge is 0.435 e. The first-order valence-electron chi connectivity index (χ1n) is 10.2. The lowest BCUT2D eigenvalue weighted by Crippen LogP contribution is -2.41. The maximum absolute atomic E-state index is 13.8. The predicted octanol–water partition coefficient (Wildman–Crippen LogP) is 4.37. The van der Waals surface area contributed by atoms with Crippen molar-refractivity contribution in [2.75, 3.05) is 5.32 Å². The van der Waals surface area contributed by atoms with Crippen molar-refractivity contribution in [3.05, 3.63) is 47.3 Å². The van der Waals surface area contributed by atoms with Crippen LogP contribution in [0.25, 0.3) is 0 Å². The molecule has 5 atom stereocenters. The molecule has 0 spiro atoms. The van der Waals surface area contributed by atoms with Gasteiger partial charge in [0, 0.05) is 35.8 Å². The van der Waals surface area contributed by atoms with Crippen LogP contribution in [-0.4, -0.2) is 39.1 Å². The molecule has 0 aliphatic carbocycles. The monoisotopic (exact) mass is 477 g/mol. The first-order valence-corrected chi connectivity index (χ1v) is 10.2. The normalized spacial score (nSPS) is 27.4. The number of fused-ring (bicyclic) bond motifs is 2. The molecular formula is C21H21F6N3O3. The summed E-state index contributed by atoms with van der Waals surface area (Å²) in [4.78, 5) is 13.1. The molecule has 33 heavy (non-hydrogen) atoms. The van der Waals surface area contributed by atoms with Crippen LogP contribution in [0.5, 0.6) is 0 Å². The molecule has 2 bridgehead atoms. The van der Waals surface area contributed by atoms with Crippen molar-refractivity contribution >= 4 is 11.6 Å². The van der Waals surface area contributed by atoms with Crippen LogP contribution in [0.15, 0.2) is 30.5 Å². The highest BCUT2D eigenvalue weighted by atomic mass is 19.4. The minimum atomic E-state index is -4.82. The molecule has 1 aromatic carbocycles. The number of nitrogens with zero attached hydrogens (tertiary/aromatic N) is 2. The van der Waals surface area contributed by atoms with Gasteiger partial charge in [-0.1, -0.05) is 6.07 Å². The van der Waals surface area contributed by atoms with Crippen molar-refractivity contribution in [1.82, 2.24) is 9.78 Å². The van der Waals surface area contributed by atoms with E-state index in [0.717, 1.165) is 22.9 Å². The van der Waals surface area contributed by atoms with E-state index in [1.165, 1.54) is 12.3 Å². The third-order valence-electron chi connectivity index (χ3n) is 6.00.